The monoisotopic (exact) mass is 289 g/mol. The van der Waals surface area contributed by atoms with Crippen LogP contribution in [-0.4, -0.2) is 24.9 Å². The van der Waals surface area contributed by atoms with Gasteiger partial charge < -0.3 is 19.2 Å². The maximum absolute atomic E-state index is 5.98. The fraction of sp³-hybridized carbons (Fsp3) is 0.529. The Morgan fingerprint density at radius 2 is 2.00 bits per heavy atom. The molecule has 0 atom stereocenters. The lowest BCUT2D eigenvalue weighted by Crippen LogP contribution is -2.36. The van der Waals surface area contributed by atoms with E-state index >= 15 is 0 Å². The molecule has 0 spiro atoms. The van der Waals surface area contributed by atoms with Gasteiger partial charge in [-0.05, 0) is 26.8 Å². The summed E-state index contributed by atoms with van der Waals surface area (Å²) in [7, 11) is 0. The van der Waals surface area contributed by atoms with Crippen LogP contribution in [0.5, 0.6) is 0 Å². The Labute approximate surface area is 125 Å². The molecule has 1 aromatic heterocycles. The minimum absolute atomic E-state index is 0.0678. The summed E-state index contributed by atoms with van der Waals surface area (Å²) in [5, 5.41) is 4.70. The van der Waals surface area contributed by atoms with Gasteiger partial charge in [0, 0.05) is 23.0 Å². The van der Waals surface area contributed by atoms with Crippen LogP contribution in [0.1, 0.15) is 32.1 Å². The van der Waals surface area contributed by atoms with Crippen LogP contribution in [0.3, 0.4) is 0 Å². The molecule has 0 bridgehead atoms. The third kappa shape index (κ3) is 3.46. The number of ether oxygens (including phenoxy) is 2. The number of benzene rings is 1. The SMILES string of the molecule is CC(C)(C)NCc1c(COC2COC2)oc2ccccc12. The van der Waals surface area contributed by atoms with Crippen LogP contribution in [0.15, 0.2) is 28.7 Å². The van der Waals surface area contributed by atoms with Crippen molar-refractivity contribution in [2.75, 3.05) is 13.2 Å². The molecule has 114 valence electrons. The van der Waals surface area contributed by atoms with Crippen molar-refractivity contribution in [2.45, 2.75) is 45.6 Å². The molecule has 2 heterocycles. The molecular weight excluding hydrogens is 266 g/mol. The molecule has 0 unspecified atom stereocenters. The van der Waals surface area contributed by atoms with Gasteiger partial charge in [0.2, 0.25) is 0 Å². The normalized spacial score (nSPS) is 16.3. The van der Waals surface area contributed by atoms with Gasteiger partial charge in [0.25, 0.3) is 0 Å². The van der Waals surface area contributed by atoms with E-state index in [2.05, 4.69) is 32.2 Å². The van der Waals surface area contributed by atoms with E-state index in [1.165, 1.54) is 5.56 Å². The van der Waals surface area contributed by atoms with Gasteiger partial charge in [-0.2, -0.15) is 0 Å². The van der Waals surface area contributed by atoms with E-state index in [1.54, 1.807) is 0 Å². The Bertz CT molecular complexity index is 608. The first kappa shape index (κ1) is 14.6. The van der Waals surface area contributed by atoms with Gasteiger partial charge in [-0.1, -0.05) is 18.2 Å². The van der Waals surface area contributed by atoms with Crippen LogP contribution in [0.4, 0.5) is 0 Å². The fourth-order valence-corrected chi connectivity index (χ4v) is 2.32. The number of nitrogens with one attached hydrogen (secondary N) is 1. The van der Waals surface area contributed by atoms with Crippen LogP contribution >= 0.6 is 0 Å². The molecule has 1 aliphatic rings. The van der Waals surface area contributed by atoms with Crippen molar-refractivity contribution < 1.29 is 13.9 Å². The lowest BCUT2D eigenvalue weighted by molar-refractivity contribution is -0.137. The lowest BCUT2D eigenvalue weighted by atomic mass is 10.1. The standard InChI is InChI=1S/C17H23NO3/c1-17(2,3)18-8-14-13-6-4-5-7-15(13)21-16(14)11-20-12-9-19-10-12/h4-7,12,18H,8-11H2,1-3H3. The first-order chi connectivity index (χ1) is 10.0. The van der Waals surface area contributed by atoms with Crippen molar-refractivity contribution in [3.05, 3.63) is 35.6 Å². The lowest BCUT2D eigenvalue weighted by Gasteiger charge is -2.26. The molecule has 4 nitrogen and oxygen atoms in total. The highest BCUT2D eigenvalue weighted by Gasteiger charge is 2.22. The number of fused-ring (bicyclic) bond motifs is 1. The van der Waals surface area contributed by atoms with Crippen molar-refractivity contribution in [3.63, 3.8) is 0 Å². The van der Waals surface area contributed by atoms with E-state index in [0.717, 1.165) is 23.3 Å². The van der Waals surface area contributed by atoms with Crippen LogP contribution in [0.25, 0.3) is 11.0 Å². The van der Waals surface area contributed by atoms with E-state index in [-0.39, 0.29) is 11.6 Å². The molecule has 2 aromatic rings. The Morgan fingerprint density at radius 1 is 1.24 bits per heavy atom. The van der Waals surface area contributed by atoms with Crippen molar-refractivity contribution in [3.8, 4) is 0 Å². The number of hydrogen-bond donors (Lipinski definition) is 1. The van der Waals surface area contributed by atoms with Crippen LogP contribution in [0.2, 0.25) is 0 Å². The predicted molar refractivity (Wildman–Crippen MR) is 82.2 cm³/mol. The van der Waals surface area contributed by atoms with Gasteiger partial charge in [0.15, 0.2) is 0 Å². The summed E-state index contributed by atoms with van der Waals surface area (Å²) in [5.41, 5.74) is 2.19. The number of rotatable bonds is 5. The second kappa shape index (κ2) is 5.79. The zero-order chi connectivity index (χ0) is 14.9. The summed E-state index contributed by atoms with van der Waals surface area (Å²) < 4.78 is 16.9. The molecule has 3 rings (SSSR count). The second-order valence-corrected chi connectivity index (χ2v) is 6.57. The number of furan rings is 1. The molecule has 1 saturated heterocycles. The number of hydrogen-bond acceptors (Lipinski definition) is 4. The summed E-state index contributed by atoms with van der Waals surface area (Å²) in [5.74, 6) is 0.917. The summed E-state index contributed by atoms with van der Waals surface area (Å²) in [6, 6.07) is 8.15. The van der Waals surface area contributed by atoms with E-state index in [9.17, 15) is 0 Å². The van der Waals surface area contributed by atoms with Crippen molar-refractivity contribution in [1.29, 1.82) is 0 Å². The van der Waals surface area contributed by atoms with Crippen LogP contribution in [-0.2, 0) is 22.6 Å². The maximum atomic E-state index is 5.98. The Hall–Kier alpha value is -1.36. The smallest absolute Gasteiger partial charge is 0.135 e. The third-order valence-electron chi connectivity index (χ3n) is 3.64. The first-order valence-electron chi connectivity index (χ1n) is 7.46. The van der Waals surface area contributed by atoms with Gasteiger partial charge in [-0.3, -0.25) is 0 Å². The van der Waals surface area contributed by atoms with Gasteiger partial charge in [0.1, 0.15) is 24.1 Å². The van der Waals surface area contributed by atoms with E-state index < -0.39 is 0 Å². The molecule has 21 heavy (non-hydrogen) atoms. The molecule has 0 radical (unpaired) electrons. The van der Waals surface area contributed by atoms with Crippen LogP contribution < -0.4 is 5.32 Å². The van der Waals surface area contributed by atoms with E-state index in [4.69, 9.17) is 13.9 Å². The maximum Gasteiger partial charge on any atom is 0.135 e. The zero-order valence-corrected chi connectivity index (χ0v) is 12.9. The molecule has 4 heteroatoms. The molecular formula is C17H23NO3. The number of para-hydroxylation sites is 1. The minimum atomic E-state index is 0.0678. The van der Waals surface area contributed by atoms with Crippen molar-refractivity contribution >= 4 is 11.0 Å². The Balaban J connectivity index is 1.82. The van der Waals surface area contributed by atoms with E-state index in [1.807, 2.05) is 18.2 Å². The highest BCUT2D eigenvalue weighted by molar-refractivity contribution is 5.82. The predicted octanol–water partition coefficient (Wildman–Crippen LogP) is 3.24. The van der Waals surface area contributed by atoms with Gasteiger partial charge in [0.05, 0.1) is 13.2 Å². The molecule has 0 amide bonds. The van der Waals surface area contributed by atoms with E-state index in [0.29, 0.717) is 19.8 Å². The fourth-order valence-electron chi connectivity index (χ4n) is 2.32. The van der Waals surface area contributed by atoms with Gasteiger partial charge in [-0.25, -0.2) is 0 Å². The van der Waals surface area contributed by atoms with Crippen LogP contribution in [0, 0.1) is 0 Å². The average molecular weight is 289 g/mol. The highest BCUT2D eigenvalue weighted by atomic mass is 16.6. The summed E-state index contributed by atoms with van der Waals surface area (Å²) in [6.07, 6.45) is 0.210. The molecule has 1 aliphatic heterocycles. The molecule has 1 N–H and O–H groups in total. The molecule has 1 aromatic carbocycles. The highest BCUT2D eigenvalue weighted by Crippen LogP contribution is 2.27. The zero-order valence-electron chi connectivity index (χ0n) is 12.9. The first-order valence-corrected chi connectivity index (χ1v) is 7.46. The Kier molecular flexibility index (Phi) is 4.02. The van der Waals surface area contributed by atoms with Gasteiger partial charge in [-0.15, -0.1) is 0 Å². The average Bonchev–Trinajstić information content (AvgIpc) is 2.71. The third-order valence-corrected chi connectivity index (χ3v) is 3.64. The quantitative estimate of drug-likeness (QED) is 0.917. The largest absolute Gasteiger partial charge is 0.458 e. The molecule has 1 fully saturated rings. The molecule has 0 saturated carbocycles. The van der Waals surface area contributed by atoms with Crippen molar-refractivity contribution in [2.24, 2.45) is 0 Å². The van der Waals surface area contributed by atoms with Crippen molar-refractivity contribution in [1.82, 2.24) is 5.32 Å². The summed E-state index contributed by atoms with van der Waals surface area (Å²) >= 11 is 0. The minimum Gasteiger partial charge on any atom is -0.458 e. The Morgan fingerprint density at radius 3 is 2.67 bits per heavy atom. The topological polar surface area (TPSA) is 43.6 Å². The second-order valence-electron chi connectivity index (χ2n) is 6.57. The van der Waals surface area contributed by atoms with Gasteiger partial charge >= 0.3 is 0 Å². The summed E-state index contributed by atoms with van der Waals surface area (Å²) in [6.45, 7) is 9.15. The molecule has 0 aliphatic carbocycles. The summed E-state index contributed by atoms with van der Waals surface area (Å²) in [4.78, 5) is 0.